The molecule has 1 fully saturated rings. The number of carbonyl (C=O) groups excluding carboxylic acids is 1. The zero-order valence-electron chi connectivity index (χ0n) is 11.6. The van der Waals surface area contributed by atoms with Crippen molar-refractivity contribution in [3.05, 3.63) is 23.8 Å². The minimum atomic E-state index is -0.0969. The van der Waals surface area contributed by atoms with E-state index in [0.29, 0.717) is 6.79 Å². The fraction of sp³-hybridized carbons (Fsp3) is 0.533. The number of hydrogen-bond donors (Lipinski definition) is 0. The lowest BCUT2D eigenvalue weighted by Crippen LogP contribution is -2.38. The topological polar surface area (TPSA) is 48.0 Å². The lowest BCUT2D eigenvalue weighted by molar-refractivity contribution is -0.147. The fourth-order valence-corrected chi connectivity index (χ4v) is 2.86. The number of fused-ring (bicyclic) bond motifs is 1. The number of esters is 1. The molecule has 1 saturated heterocycles. The van der Waals surface area contributed by atoms with Crippen LogP contribution < -0.4 is 9.47 Å². The average Bonchev–Trinajstić information content (AvgIpc) is 2.94. The molecule has 2 aliphatic heterocycles. The molecular formula is C15H19NO4. The third-order valence-corrected chi connectivity index (χ3v) is 3.88. The molecular weight excluding hydrogens is 258 g/mol. The van der Waals surface area contributed by atoms with Crippen molar-refractivity contribution in [2.24, 2.45) is 5.92 Å². The fourth-order valence-electron chi connectivity index (χ4n) is 2.86. The van der Waals surface area contributed by atoms with Crippen LogP contribution in [0.5, 0.6) is 11.5 Å². The van der Waals surface area contributed by atoms with E-state index in [9.17, 15) is 4.79 Å². The molecule has 5 heteroatoms. The Balaban J connectivity index is 1.64. The lowest BCUT2D eigenvalue weighted by atomic mass is 9.98. The first-order chi connectivity index (χ1) is 9.76. The lowest BCUT2D eigenvalue weighted by Gasteiger charge is -2.31. The summed E-state index contributed by atoms with van der Waals surface area (Å²) in [7, 11) is 1.46. The molecule has 5 nitrogen and oxygen atoms in total. The van der Waals surface area contributed by atoms with Gasteiger partial charge in [-0.25, -0.2) is 0 Å². The quantitative estimate of drug-likeness (QED) is 0.788. The van der Waals surface area contributed by atoms with Gasteiger partial charge in [0.1, 0.15) is 0 Å². The molecule has 0 bridgehead atoms. The number of piperidine rings is 1. The van der Waals surface area contributed by atoms with Crippen LogP contribution >= 0.6 is 0 Å². The molecule has 2 heterocycles. The van der Waals surface area contributed by atoms with E-state index >= 15 is 0 Å². The van der Waals surface area contributed by atoms with E-state index in [4.69, 9.17) is 14.2 Å². The normalized spacial score (nSPS) is 21.8. The summed E-state index contributed by atoms with van der Waals surface area (Å²) in [5.41, 5.74) is 1.18. The van der Waals surface area contributed by atoms with Gasteiger partial charge in [0, 0.05) is 13.1 Å². The maximum absolute atomic E-state index is 11.6. The first-order valence-electron chi connectivity index (χ1n) is 6.95. The average molecular weight is 277 g/mol. The Morgan fingerprint density at radius 3 is 3.10 bits per heavy atom. The van der Waals surface area contributed by atoms with Crippen molar-refractivity contribution in [1.29, 1.82) is 0 Å². The molecule has 1 aromatic carbocycles. The summed E-state index contributed by atoms with van der Waals surface area (Å²) in [6.45, 7) is 2.90. The van der Waals surface area contributed by atoms with Crippen molar-refractivity contribution >= 4 is 5.97 Å². The highest BCUT2D eigenvalue weighted by molar-refractivity contribution is 5.72. The van der Waals surface area contributed by atoms with Gasteiger partial charge in [0.15, 0.2) is 11.5 Å². The van der Waals surface area contributed by atoms with Gasteiger partial charge < -0.3 is 14.2 Å². The molecule has 0 aliphatic carbocycles. The van der Waals surface area contributed by atoms with Crippen LogP contribution in [0, 0.1) is 5.92 Å². The smallest absolute Gasteiger partial charge is 0.309 e. The molecule has 0 unspecified atom stereocenters. The predicted octanol–water partition coefficient (Wildman–Crippen LogP) is 1.80. The molecule has 0 saturated carbocycles. The number of nitrogens with zero attached hydrogens (tertiary/aromatic N) is 1. The minimum absolute atomic E-state index is 0.00256. The standard InChI is InChI=1S/C15H19NO4/c1-18-15(17)12-3-2-6-16(9-12)8-11-4-5-13-14(7-11)20-10-19-13/h4-5,7,12H,2-3,6,8-10H2,1H3/t12-/m0/s1. The zero-order valence-corrected chi connectivity index (χ0v) is 11.6. The molecule has 1 aromatic rings. The van der Waals surface area contributed by atoms with Gasteiger partial charge in [0.2, 0.25) is 6.79 Å². The van der Waals surface area contributed by atoms with E-state index in [-0.39, 0.29) is 11.9 Å². The summed E-state index contributed by atoms with van der Waals surface area (Å²) in [5.74, 6) is 1.52. The van der Waals surface area contributed by atoms with Crippen molar-refractivity contribution in [1.82, 2.24) is 4.90 Å². The van der Waals surface area contributed by atoms with E-state index in [1.54, 1.807) is 0 Å². The van der Waals surface area contributed by atoms with E-state index in [0.717, 1.165) is 44.0 Å². The zero-order chi connectivity index (χ0) is 13.9. The molecule has 20 heavy (non-hydrogen) atoms. The second-order valence-electron chi connectivity index (χ2n) is 5.29. The Hall–Kier alpha value is -1.75. The number of likely N-dealkylation sites (tertiary alicyclic amines) is 1. The maximum atomic E-state index is 11.6. The first-order valence-corrected chi connectivity index (χ1v) is 6.95. The van der Waals surface area contributed by atoms with E-state index in [1.807, 2.05) is 12.1 Å². The molecule has 0 spiro atoms. The first kappa shape index (κ1) is 13.2. The van der Waals surface area contributed by atoms with Gasteiger partial charge in [0.05, 0.1) is 13.0 Å². The van der Waals surface area contributed by atoms with Crippen LogP contribution in [-0.4, -0.2) is 37.9 Å². The maximum Gasteiger partial charge on any atom is 0.309 e. The highest BCUT2D eigenvalue weighted by Gasteiger charge is 2.26. The van der Waals surface area contributed by atoms with Crippen LogP contribution in [-0.2, 0) is 16.1 Å². The molecule has 3 rings (SSSR count). The Morgan fingerprint density at radius 1 is 1.40 bits per heavy atom. The number of rotatable bonds is 3. The number of carbonyl (C=O) groups is 1. The van der Waals surface area contributed by atoms with Crippen LogP contribution in [0.25, 0.3) is 0 Å². The monoisotopic (exact) mass is 277 g/mol. The molecule has 0 aromatic heterocycles. The number of benzene rings is 1. The van der Waals surface area contributed by atoms with Crippen LogP contribution in [0.1, 0.15) is 18.4 Å². The molecule has 0 radical (unpaired) electrons. The van der Waals surface area contributed by atoms with Gasteiger partial charge in [-0.1, -0.05) is 6.07 Å². The van der Waals surface area contributed by atoms with Crippen LogP contribution in [0.2, 0.25) is 0 Å². The second-order valence-corrected chi connectivity index (χ2v) is 5.29. The third kappa shape index (κ3) is 2.72. The summed E-state index contributed by atoms with van der Waals surface area (Å²) in [5, 5.41) is 0. The summed E-state index contributed by atoms with van der Waals surface area (Å²) < 4.78 is 15.5. The van der Waals surface area contributed by atoms with Gasteiger partial charge >= 0.3 is 5.97 Å². The molecule has 2 aliphatic rings. The van der Waals surface area contributed by atoms with Gasteiger partial charge in [-0.3, -0.25) is 9.69 Å². The third-order valence-electron chi connectivity index (χ3n) is 3.88. The second kappa shape index (κ2) is 5.71. The van der Waals surface area contributed by atoms with Crippen LogP contribution in [0.3, 0.4) is 0 Å². The van der Waals surface area contributed by atoms with Crippen LogP contribution in [0.4, 0.5) is 0 Å². The van der Waals surface area contributed by atoms with Crippen molar-refractivity contribution in [3.63, 3.8) is 0 Å². The summed E-state index contributed by atoms with van der Waals surface area (Å²) >= 11 is 0. The summed E-state index contributed by atoms with van der Waals surface area (Å²) in [6, 6.07) is 6.01. The number of methoxy groups -OCH3 is 1. The number of hydrogen-bond acceptors (Lipinski definition) is 5. The predicted molar refractivity (Wildman–Crippen MR) is 72.6 cm³/mol. The Bertz CT molecular complexity index is 503. The Kier molecular flexibility index (Phi) is 3.78. The molecule has 0 amide bonds. The molecule has 1 atom stereocenters. The van der Waals surface area contributed by atoms with Gasteiger partial charge in [0.25, 0.3) is 0 Å². The van der Waals surface area contributed by atoms with Crippen molar-refractivity contribution in [2.75, 3.05) is 27.0 Å². The SMILES string of the molecule is COC(=O)[C@H]1CCCN(Cc2ccc3c(c2)OCO3)C1. The van der Waals surface area contributed by atoms with E-state index < -0.39 is 0 Å². The summed E-state index contributed by atoms with van der Waals surface area (Å²) in [4.78, 5) is 13.9. The van der Waals surface area contributed by atoms with Gasteiger partial charge in [-0.2, -0.15) is 0 Å². The molecule has 108 valence electrons. The van der Waals surface area contributed by atoms with E-state index in [2.05, 4.69) is 11.0 Å². The molecule has 0 N–H and O–H groups in total. The van der Waals surface area contributed by atoms with Crippen molar-refractivity contribution in [3.8, 4) is 11.5 Å². The van der Waals surface area contributed by atoms with Crippen molar-refractivity contribution < 1.29 is 19.0 Å². The van der Waals surface area contributed by atoms with Gasteiger partial charge in [-0.15, -0.1) is 0 Å². The number of ether oxygens (including phenoxy) is 3. The summed E-state index contributed by atoms with van der Waals surface area (Å²) in [6.07, 6.45) is 1.95. The Morgan fingerprint density at radius 2 is 2.25 bits per heavy atom. The van der Waals surface area contributed by atoms with Gasteiger partial charge in [-0.05, 0) is 37.1 Å². The van der Waals surface area contributed by atoms with Crippen LogP contribution in [0.15, 0.2) is 18.2 Å². The highest BCUT2D eigenvalue weighted by Crippen LogP contribution is 2.33. The highest BCUT2D eigenvalue weighted by atomic mass is 16.7. The van der Waals surface area contributed by atoms with E-state index in [1.165, 1.54) is 12.7 Å². The minimum Gasteiger partial charge on any atom is -0.469 e. The Labute approximate surface area is 118 Å². The van der Waals surface area contributed by atoms with Crippen molar-refractivity contribution in [2.45, 2.75) is 19.4 Å². The largest absolute Gasteiger partial charge is 0.469 e.